The summed E-state index contributed by atoms with van der Waals surface area (Å²) in [6.07, 6.45) is -5.22. The number of hydrogen-bond donors (Lipinski definition) is 0. The molecule has 1 aliphatic rings. The zero-order valence-corrected chi connectivity index (χ0v) is 5.12. The first-order valence-electron chi connectivity index (χ1n) is 2.74. The molecule has 0 amide bonds. The molecule has 2 atom stereocenters. The van der Waals surface area contributed by atoms with Crippen LogP contribution in [-0.4, -0.2) is 12.3 Å². The minimum atomic E-state index is -2.78. The van der Waals surface area contributed by atoms with Crippen LogP contribution < -0.4 is 0 Å². The van der Waals surface area contributed by atoms with Gasteiger partial charge in [0.05, 0.1) is 0 Å². The van der Waals surface area contributed by atoms with Crippen molar-refractivity contribution < 1.29 is 22.0 Å². The lowest BCUT2D eigenvalue weighted by Gasteiger charge is -2.12. The minimum absolute atomic E-state index is 0.0586. The van der Waals surface area contributed by atoms with Gasteiger partial charge in [-0.15, -0.1) is 0 Å². The first-order valence-corrected chi connectivity index (χ1v) is 2.74. The molecule has 0 aliphatic heterocycles. The molecular weight excluding hydrogens is 167 g/mol. The molecule has 0 aromatic rings. The lowest BCUT2D eigenvalue weighted by atomic mass is 10.1. The number of hydrogen-bond acceptors (Lipinski definition) is 0. The van der Waals surface area contributed by atoms with Crippen LogP contribution in [0.1, 0.15) is 0 Å². The van der Waals surface area contributed by atoms with E-state index in [2.05, 4.69) is 0 Å². The molecule has 0 aromatic carbocycles. The second-order valence-corrected chi connectivity index (χ2v) is 2.01. The molecular formula is C6H3F5. The van der Waals surface area contributed by atoms with Gasteiger partial charge in [-0.3, -0.25) is 0 Å². The van der Waals surface area contributed by atoms with Gasteiger partial charge in [0, 0.05) is 0 Å². The molecule has 0 aromatic heterocycles. The fourth-order valence-corrected chi connectivity index (χ4v) is 0.671. The monoisotopic (exact) mass is 170 g/mol. The molecule has 0 spiro atoms. The molecule has 0 radical (unpaired) electrons. The van der Waals surface area contributed by atoms with E-state index in [1.54, 1.807) is 0 Å². The summed E-state index contributed by atoms with van der Waals surface area (Å²) >= 11 is 0. The van der Waals surface area contributed by atoms with Gasteiger partial charge in [0.25, 0.3) is 0 Å². The second kappa shape index (κ2) is 2.64. The average molecular weight is 170 g/mol. The molecule has 11 heavy (non-hydrogen) atoms. The lowest BCUT2D eigenvalue weighted by Crippen LogP contribution is -2.15. The van der Waals surface area contributed by atoms with Gasteiger partial charge in [-0.05, 0) is 6.08 Å². The third-order valence-electron chi connectivity index (χ3n) is 1.24. The Labute approximate surface area is 59.0 Å². The molecule has 5 heteroatoms. The fourth-order valence-electron chi connectivity index (χ4n) is 0.671. The van der Waals surface area contributed by atoms with E-state index in [0.717, 1.165) is 0 Å². The maximum absolute atomic E-state index is 12.1. The zero-order chi connectivity index (χ0) is 8.59. The fraction of sp³-hybridized carbons (Fsp3) is 0.333. The van der Waals surface area contributed by atoms with Gasteiger partial charge in [-0.2, -0.15) is 0 Å². The van der Waals surface area contributed by atoms with Crippen molar-refractivity contribution in [2.24, 2.45) is 0 Å². The Balaban J connectivity index is 2.98. The van der Waals surface area contributed by atoms with Crippen LogP contribution in [0.5, 0.6) is 0 Å². The highest BCUT2D eigenvalue weighted by Crippen LogP contribution is 2.31. The summed E-state index contributed by atoms with van der Waals surface area (Å²) in [4.78, 5) is 0. The van der Waals surface area contributed by atoms with E-state index in [0.29, 0.717) is 0 Å². The summed E-state index contributed by atoms with van der Waals surface area (Å²) in [6, 6.07) is 0. The van der Waals surface area contributed by atoms with Gasteiger partial charge in [0.15, 0.2) is 17.8 Å². The van der Waals surface area contributed by atoms with Crippen LogP contribution in [0.25, 0.3) is 0 Å². The summed E-state index contributed by atoms with van der Waals surface area (Å²) in [5.41, 5.74) is 0. The van der Waals surface area contributed by atoms with E-state index in [1.807, 2.05) is 0 Å². The molecule has 0 saturated carbocycles. The van der Waals surface area contributed by atoms with Crippen LogP contribution in [0.15, 0.2) is 23.6 Å². The molecule has 0 N–H and O–H groups in total. The Bertz CT molecular complexity index is 229. The number of rotatable bonds is 0. The van der Waals surface area contributed by atoms with Crippen molar-refractivity contribution in [2.75, 3.05) is 0 Å². The summed E-state index contributed by atoms with van der Waals surface area (Å²) in [5.74, 6) is -5.53. The van der Waals surface area contributed by atoms with Crippen LogP contribution in [-0.2, 0) is 0 Å². The molecule has 0 bridgehead atoms. The van der Waals surface area contributed by atoms with Crippen molar-refractivity contribution in [3.8, 4) is 0 Å². The van der Waals surface area contributed by atoms with Gasteiger partial charge >= 0.3 is 0 Å². The van der Waals surface area contributed by atoms with E-state index in [4.69, 9.17) is 0 Å². The van der Waals surface area contributed by atoms with Gasteiger partial charge < -0.3 is 0 Å². The number of halogens is 5. The zero-order valence-electron chi connectivity index (χ0n) is 5.12. The lowest BCUT2D eigenvalue weighted by molar-refractivity contribution is 0.262. The van der Waals surface area contributed by atoms with Crippen LogP contribution in [0, 0.1) is 0 Å². The third-order valence-corrected chi connectivity index (χ3v) is 1.24. The summed E-state index contributed by atoms with van der Waals surface area (Å²) in [5, 5.41) is 0. The summed E-state index contributed by atoms with van der Waals surface area (Å²) in [6.45, 7) is 0. The van der Waals surface area contributed by atoms with Crippen molar-refractivity contribution >= 4 is 0 Å². The van der Waals surface area contributed by atoms with Gasteiger partial charge in [0.2, 0.25) is 6.17 Å². The van der Waals surface area contributed by atoms with Crippen molar-refractivity contribution in [1.29, 1.82) is 0 Å². The highest BCUT2D eigenvalue weighted by Gasteiger charge is 2.32. The molecule has 0 fully saturated rings. The normalized spacial score (nSPS) is 32.3. The highest BCUT2D eigenvalue weighted by molar-refractivity contribution is 5.28. The topological polar surface area (TPSA) is 0 Å². The third kappa shape index (κ3) is 1.27. The SMILES string of the molecule is FC1=C[C@@H](F)C(F)=C(F)C1F. The average Bonchev–Trinajstić information content (AvgIpc) is 1.97. The number of alkyl halides is 2. The minimum Gasteiger partial charge on any atom is -0.235 e. The summed E-state index contributed by atoms with van der Waals surface area (Å²) in [7, 11) is 0. The second-order valence-electron chi connectivity index (χ2n) is 2.01. The molecule has 0 heterocycles. The molecule has 0 nitrogen and oxygen atoms in total. The predicted octanol–water partition coefficient (Wildman–Crippen LogP) is 2.68. The predicted molar refractivity (Wildman–Crippen MR) is 28.2 cm³/mol. The van der Waals surface area contributed by atoms with Crippen LogP contribution >= 0.6 is 0 Å². The first-order chi connectivity index (χ1) is 5.04. The standard InChI is InChI=1S/C6H3F5/c7-2-1-3(8)5(10)6(11)4(2)9/h1-2,5H/t2-,5?/m1/s1. The van der Waals surface area contributed by atoms with Crippen molar-refractivity contribution in [2.45, 2.75) is 12.3 Å². The van der Waals surface area contributed by atoms with E-state index >= 15 is 0 Å². The van der Waals surface area contributed by atoms with Gasteiger partial charge in [-0.25, -0.2) is 22.0 Å². The van der Waals surface area contributed by atoms with E-state index in [9.17, 15) is 22.0 Å². The van der Waals surface area contributed by atoms with E-state index in [-0.39, 0.29) is 6.08 Å². The van der Waals surface area contributed by atoms with Crippen molar-refractivity contribution in [3.63, 3.8) is 0 Å². The molecule has 1 unspecified atom stereocenters. The molecule has 1 aliphatic carbocycles. The van der Waals surface area contributed by atoms with E-state index in [1.165, 1.54) is 0 Å². The van der Waals surface area contributed by atoms with Gasteiger partial charge in [0.1, 0.15) is 5.83 Å². The highest BCUT2D eigenvalue weighted by atomic mass is 19.2. The Morgan fingerprint density at radius 2 is 1.55 bits per heavy atom. The quantitative estimate of drug-likeness (QED) is 0.490. The maximum atomic E-state index is 12.1. The maximum Gasteiger partial charge on any atom is 0.205 e. The summed E-state index contributed by atoms with van der Waals surface area (Å²) < 4.78 is 60.4. The molecule has 62 valence electrons. The van der Waals surface area contributed by atoms with Crippen molar-refractivity contribution in [1.82, 2.24) is 0 Å². The Kier molecular flexibility index (Phi) is 1.97. The van der Waals surface area contributed by atoms with Gasteiger partial charge in [-0.1, -0.05) is 0 Å². The Morgan fingerprint density at radius 3 is 2.09 bits per heavy atom. The smallest absolute Gasteiger partial charge is 0.205 e. The van der Waals surface area contributed by atoms with Crippen molar-refractivity contribution in [3.05, 3.63) is 23.6 Å². The largest absolute Gasteiger partial charge is 0.235 e. The van der Waals surface area contributed by atoms with Crippen LogP contribution in [0.3, 0.4) is 0 Å². The van der Waals surface area contributed by atoms with Crippen LogP contribution in [0.2, 0.25) is 0 Å². The number of allylic oxidation sites excluding steroid dienone is 4. The Morgan fingerprint density at radius 1 is 1.00 bits per heavy atom. The Hall–Kier alpha value is -0.870. The van der Waals surface area contributed by atoms with E-state index < -0.39 is 29.8 Å². The van der Waals surface area contributed by atoms with Crippen LogP contribution in [0.4, 0.5) is 22.0 Å². The molecule has 1 rings (SSSR count). The molecule has 0 saturated heterocycles. The first kappa shape index (κ1) is 8.23.